The van der Waals surface area contributed by atoms with Gasteiger partial charge in [-0.1, -0.05) is 48.5 Å². The number of nitrogens with zero attached hydrogens (tertiary/aromatic N) is 4. The van der Waals surface area contributed by atoms with Crippen LogP contribution in [0.25, 0.3) is 66.1 Å². The summed E-state index contributed by atoms with van der Waals surface area (Å²) in [4.78, 5) is 0. The van der Waals surface area contributed by atoms with E-state index in [1.54, 1.807) is 12.1 Å². The van der Waals surface area contributed by atoms with E-state index in [1.165, 1.54) is 6.07 Å². The molecule has 0 atom stereocenters. The Morgan fingerprint density at radius 3 is 1.20 bits per heavy atom. The maximum Gasteiger partial charge on any atom is 0.416 e. The highest BCUT2D eigenvalue weighted by atomic mass is 19.4. The minimum Gasteiger partial charge on any atom is -0.308 e. The first-order valence-corrected chi connectivity index (χ1v) is 16.2. The van der Waals surface area contributed by atoms with Gasteiger partial charge in [0.2, 0.25) is 0 Å². The average molecular weight is 659 g/mol. The molecule has 0 aliphatic heterocycles. The molecule has 6 aromatic carbocycles. The number of halogens is 3. The summed E-state index contributed by atoms with van der Waals surface area (Å²) in [6.45, 7) is 8.03. The molecule has 242 valence electrons. The van der Waals surface area contributed by atoms with E-state index in [0.29, 0.717) is 22.5 Å². The van der Waals surface area contributed by atoms with Crippen molar-refractivity contribution < 1.29 is 13.2 Å². The maximum absolute atomic E-state index is 14.2. The topological polar surface area (TPSA) is 57.4 Å². The van der Waals surface area contributed by atoms with Crippen molar-refractivity contribution in [1.29, 1.82) is 10.5 Å². The van der Waals surface area contributed by atoms with Crippen molar-refractivity contribution in [3.05, 3.63) is 142 Å². The summed E-state index contributed by atoms with van der Waals surface area (Å²) in [5.41, 5.74) is 8.69. The van der Waals surface area contributed by atoms with Crippen LogP contribution >= 0.6 is 0 Å². The van der Waals surface area contributed by atoms with Gasteiger partial charge in [0.25, 0.3) is 0 Å². The van der Waals surface area contributed by atoms with Crippen LogP contribution in [-0.4, -0.2) is 9.13 Å². The van der Waals surface area contributed by atoms with E-state index in [0.717, 1.165) is 78.0 Å². The summed E-state index contributed by atoms with van der Waals surface area (Å²) >= 11 is 0. The lowest BCUT2D eigenvalue weighted by atomic mass is 9.96. The van der Waals surface area contributed by atoms with Crippen LogP contribution in [0.2, 0.25) is 0 Å². The molecule has 4 nitrogen and oxygen atoms in total. The number of fused-ring (bicyclic) bond motifs is 6. The Hall–Kier alpha value is -6.31. The Kier molecular flexibility index (Phi) is 6.89. The molecule has 8 aromatic rings. The fraction of sp³-hybridized carbons (Fsp3) is 0.116. The van der Waals surface area contributed by atoms with Crippen molar-refractivity contribution in [3.8, 4) is 34.6 Å². The lowest BCUT2D eigenvalue weighted by molar-refractivity contribution is -0.137. The van der Waals surface area contributed by atoms with E-state index in [9.17, 15) is 23.7 Å². The zero-order valence-corrected chi connectivity index (χ0v) is 27.7. The first-order chi connectivity index (χ1) is 23.9. The predicted molar refractivity (Wildman–Crippen MR) is 194 cm³/mol. The Labute approximate surface area is 286 Å². The average Bonchev–Trinajstić information content (AvgIpc) is 3.57. The molecule has 0 spiro atoms. The highest BCUT2D eigenvalue weighted by Crippen LogP contribution is 2.42. The minimum atomic E-state index is -4.66. The van der Waals surface area contributed by atoms with Crippen LogP contribution in [0.4, 0.5) is 13.2 Å². The van der Waals surface area contributed by atoms with E-state index in [2.05, 4.69) is 63.7 Å². The fourth-order valence-corrected chi connectivity index (χ4v) is 7.26. The summed E-state index contributed by atoms with van der Waals surface area (Å²) in [7, 11) is 0. The molecule has 0 bridgehead atoms. The molecular weight excluding hydrogens is 629 g/mol. The number of benzene rings is 6. The van der Waals surface area contributed by atoms with Crippen LogP contribution in [0.3, 0.4) is 0 Å². The SMILES string of the molecule is Cc1ccc2c3ccc(C)cc3n(-c3cc(-c4cc(C#N)cc(C(F)(F)F)c4)cc(-n4c5cc(C)ccc5c5ccc(C)cc54)c3C#N)c2c1. The van der Waals surface area contributed by atoms with Crippen LogP contribution in [0.1, 0.15) is 38.9 Å². The van der Waals surface area contributed by atoms with Gasteiger partial charge >= 0.3 is 6.18 Å². The molecule has 50 heavy (non-hydrogen) atoms. The van der Waals surface area contributed by atoms with Crippen LogP contribution in [0, 0.1) is 50.4 Å². The normalized spacial score (nSPS) is 11.9. The molecule has 0 aliphatic carbocycles. The number of hydrogen-bond acceptors (Lipinski definition) is 2. The van der Waals surface area contributed by atoms with Crippen molar-refractivity contribution in [2.45, 2.75) is 33.9 Å². The van der Waals surface area contributed by atoms with Gasteiger partial charge in [-0.3, -0.25) is 0 Å². The minimum absolute atomic E-state index is 0.103. The molecule has 0 amide bonds. The monoisotopic (exact) mass is 658 g/mol. The van der Waals surface area contributed by atoms with Crippen LogP contribution in [0.5, 0.6) is 0 Å². The van der Waals surface area contributed by atoms with Crippen molar-refractivity contribution in [2.75, 3.05) is 0 Å². The van der Waals surface area contributed by atoms with Gasteiger partial charge in [-0.25, -0.2) is 0 Å². The van der Waals surface area contributed by atoms with Gasteiger partial charge in [-0.2, -0.15) is 23.7 Å². The van der Waals surface area contributed by atoms with Gasteiger partial charge < -0.3 is 9.13 Å². The molecule has 0 N–H and O–H groups in total. The summed E-state index contributed by atoms with van der Waals surface area (Å²) in [5.74, 6) is 0. The van der Waals surface area contributed by atoms with E-state index in [-0.39, 0.29) is 11.1 Å². The molecule has 0 saturated heterocycles. The molecule has 7 heteroatoms. The van der Waals surface area contributed by atoms with Crippen LogP contribution in [0.15, 0.2) is 103 Å². The second-order valence-corrected chi connectivity index (χ2v) is 13.2. The summed E-state index contributed by atoms with van der Waals surface area (Å²) < 4.78 is 46.7. The number of rotatable bonds is 3. The molecule has 8 rings (SSSR count). The van der Waals surface area contributed by atoms with E-state index >= 15 is 0 Å². The molecule has 0 aliphatic rings. The molecule has 0 saturated carbocycles. The van der Waals surface area contributed by atoms with Gasteiger partial charge in [0.1, 0.15) is 11.6 Å². The fourth-order valence-electron chi connectivity index (χ4n) is 7.26. The Morgan fingerprint density at radius 2 is 0.860 bits per heavy atom. The number of alkyl halides is 3. The molecule has 0 radical (unpaired) electrons. The van der Waals surface area contributed by atoms with Crippen molar-refractivity contribution in [1.82, 2.24) is 9.13 Å². The Morgan fingerprint density at radius 1 is 0.480 bits per heavy atom. The molecule has 2 aromatic heterocycles. The Balaban J connectivity index is 1.59. The van der Waals surface area contributed by atoms with Gasteiger partial charge in [0.05, 0.1) is 50.6 Å². The first-order valence-electron chi connectivity index (χ1n) is 16.2. The third-order valence-electron chi connectivity index (χ3n) is 9.57. The zero-order valence-electron chi connectivity index (χ0n) is 27.7. The van der Waals surface area contributed by atoms with Gasteiger partial charge in [-0.05, 0) is 116 Å². The highest BCUT2D eigenvalue weighted by molar-refractivity contribution is 6.11. The molecular formula is C43H29F3N4. The predicted octanol–water partition coefficient (Wildman–Crippen LogP) is 11.5. The molecule has 0 fully saturated rings. The third kappa shape index (κ3) is 4.82. The Bertz CT molecular complexity index is 2550. The summed E-state index contributed by atoms with van der Waals surface area (Å²) in [6.07, 6.45) is -4.66. The second-order valence-electron chi connectivity index (χ2n) is 13.2. The van der Waals surface area contributed by atoms with E-state index in [1.807, 2.05) is 58.0 Å². The van der Waals surface area contributed by atoms with E-state index < -0.39 is 11.7 Å². The van der Waals surface area contributed by atoms with Crippen molar-refractivity contribution in [3.63, 3.8) is 0 Å². The maximum atomic E-state index is 14.2. The zero-order chi connectivity index (χ0) is 35.1. The number of hydrogen-bond donors (Lipinski definition) is 0. The van der Waals surface area contributed by atoms with Crippen molar-refractivity contribution >= 4 is 43.6 Å². The first kappa shape index (κ1) is 31.0. The van der Waals surface area contributed by atoms with Crippen LogP contribution in [-0.2, 0) is 6.18 Å². The van der Waals surface area contributed by atoms with Gasteiger partial charge in [0.15, 0.2) is 0 Å². The number of aryl methyl sites for hydroxylation is 4. The second kappa shape index (κ2) is 11.1. The third-order valence-corrected chi connectivity index (χ3v) is 9.57. The van der Waals surface area contributed by atoms with Gasteiger partial charge in [-0.15, -0.1) is 0 Å². The standard InChI is InChI=1S/C43H29F3N4/c1-24-5-9-32-33-10-6-25(2)14-38(33)49(37(32)13-24)41-20-30(29-17-28(22-47)18-31(19-29)43(44,45)46)21-42(36(41)23-48)50-39-15-26(3)7-11-34(39)35-12-8-27(4)16-40(35)50/h5-21H,1-4H3. The smallest absolute Gasteiger partial charge is 0.308 e. The van der Waals surface area contributed by atoms with Gasteiger partial charge in [0, 0.05) is 21.5 Å². The quantitative estimate of drug-likeness (QED) is 0.190. The largest absolute Gasteiger partial charge is 0.416 e. The highest BCUT2D eigenvalue weighted by Gasteiger charge is 2.32. The van der Waals surface area contributed by atoms with Crippen molar-refractivity contribution in [2.24, 2.45) is 0 Å². The number of aromatic nitrogens is 2. The van der Waals surface area contributed by atoms with E-state index in [4.69, 9.17) is 0 Å². The number of nitriles is 2. The van der Waals surface area contributed by atoms with Crippen LogP contribution < -0.4 is 0 Å². The molecule has 0 unspecified atom stereocenters. The lowest BCUT2D eigenvalue weighted by Gasteiger charge is -2.19. The summed E-state index contributed by atoms with van der Waals surface area (Å²) in [5, 5.41) is 24.9. The lowest BCUT2D eigenvalue weighted by Crippen LogP contribution is -2.07. The molecule has 2 heterocycles. The summed E-state index contributed by atoms with van der Waals surface area (Å²) in [6, 6.07) is 36.2.